The largest absolute Gasteiger partial charge is 0.443 e. The van der Waals surface area contributed by atoms with Gasteiger partial charge in [0.15, 0.2) is 5.01 Å². The van der Waals surface area contributed by atoms with Crippen LogP contribution in [-0.4, -0.2) is 34.8 Å². The van der Waals surface area contributed by atoms with Crippen molar-refractivity contribution in [3.63, 3.8) is 0 Å². The van der Waals surface area contributed by atoms with Crippen LogP contribution in [0, 0.1) is 5.92 Å². The second-order valence-electron chi connectivity index (χ2n) is 5.31. The van der Waals surface area contributed by atoms with E-state index in [1.54, 1.807) is 0 Å². The van der Waals surface area contributed by atoms with Gasteiger partial charge in [0.1, 0.15) is 0 Å². The third kappa shape index (κ3) is 2.88. The summed E-state index contributed by atoms with van der Waals surface area (Å²) < 4.78 is 38.7. The molecule has 2 aromatic rings. The Bertz CT molecular complexity index is 787. The summed E-state index contributed by atoms with van der Waals surface area (Å²) in [4.78, 5) is 28.7. The predicted molar refractivity (Wildman–Crippen MR) is 77.8 cm³/mol. The number of fused-ring (bicyclic) bond motifs is 1. The Hall–Kier alpha value is -2.16. The van der Waals surface area contributed by atoms with Gasteiger partial charge >= 0.3 is 6.18 Å². The number of alkyl halides is 3. The molecular formula is C14H12F3N3O2S. The Morgan fingerprint density at radius 2 is 2.09 bits per heavy atom. The van der Waals surface area contributed by atoms with Crippen molar-refractivity contribution in [3.05, 3.63) is 28.8 Å². The fourth-order valence-corrected chi connectivity index (χ4v) is 3.45. The Morgan fingerprint density at radius 3 is 2.70 bits per heavy atom. The molecule has 0 aliphatic carbocycles. The molecule has 0 unspecified atom stereocenters. The van der Waals surface area contributed by atoms with E-state index in [0.29, 0.717) is 29.0 Å². The summed E-state index contributed by atoms with van der Waals surface area (Å²) in [6.07, 6.45) is -4.09. The quantitative estimate of drug-likeness (QED) is 0.909. The van der Waals surface area contributed by atoms with Crippen molar-refractivity contribution < 1.29 is 22.8 Å². The number of rotatable bonds is 2. The molecule has 1 aliphatic heterocycles. The third-order valence-corrected chi connectivity index (χ3v) is 4.84. The molecule has 2 amide bonds. The van der Waals surface area contributed by atoms with Gasteiger partial charge in [0.05, 0.1) is 21.7 Å². The van der Waals surface area contributed by atoms with Crippen molar-refractivity contribution in [2.24, 2.45) is 11.7 Å². The molecule has 2 heterocycles. The van der Waals surface area contributed by atoms with Crippen molar-refractivity contribution in [1.82, 2.24) is 9.88 Å². The number of nitrogens with two attached hydrogens (primary N) is 1. The van der Waals surface area contributed by atoms with Gasteiger partial charge in [-0.2, -0.15) is 13.2 Å². The number of halogens is 3. The maximum atomic E-state index is 12.8. The highest BCUT2D eigenvalue weighted by atomic mass is 32.1. The minimum atomic E-state index is -4.55. The summed E-state index contributed by atoms with van der Waals surface area (Å²) >= 11 is 0.503. The SMILES string of the molecule is NC(=O)[C@H]1CCN(C(=O)c2cccc3sc(C(F)(F)F)nc23)C1. The number of aromatic nitrogens is 1. The van der Waals surface area contributed by atoms with Crippen molar-refractivity contribution in [2.45, 2.75) is 12.6 Å². The van der Waals surface area contributed by atoms with Gasteiger partial charge in [0.2, 0.25) is 5.91 Å². The highest BCUT2D eigenvalue weighted by Gasteiger charge is 2.36. The van der Waals surface area contributed by atoms with Crippen molar-refractivity contribution in [1.29, 1.82) is 0 Å². The monoisotopic (exact) mass is 343 g/mol. The van der Waals surface area contributed by atoms with E-state index in [-0.39, 0.29) is 17.6 Å². The highest BCUT2D eigenvalue weighted by molar-refractivity contribution is 7.18. The second kappa shape index (κ2) is 5.48. The van der Waals surface area contributed by atoms with Gasteiger partial charge in [-0.25, -0.2) is 4.98 Å². The number of carbonyl (C=O) groups excluding carboxylic acids is 2. The lowest BCUT2D eigenvalue weighted by atomic mass is 10.1. The molecule has 23 heavy (non-hydrogen) atoms. The third-order valence-electron chi connectivity index (χ3n) is 3.77. The zero-order chi connectivity index (χ0) is 16.8. The highest BCUT2D eigenvalue weighted by Crippen LogP contribution is 2.36. The lowest BCUT2D eigenvalue weighted by Crippen LogP contribution is -2.31. The molecule has 1 aromatic carbocycles. The van der Waals surface area contributed by atoms with Gasteiger partial charge in [-0.15, -0.1) is 11.3 Å². The van der Waals surface area contributed by atoms with Crippen LogP contribution < -0.4 is 5.73 Å². The van der Waals surface area contributed by atoms with E-state index in [9.17, 15) is 22.8 Å². The minimum Gasteiger partial charge on any atom is -0.369 e. The molecule has 1 fully saturated rings. The molecule has 122 valence electrons. The molecular weight excluding hydrogens is 331 g/mol. The fourth-order valence-electron chi connectivity index (χ4n) is 2.59. The molecule has 0 spiro atoms. The molecule has 9 heteroatoms. The number of para-hydroxylation sites is 1. The number of thiazole rings is 1. The van der Waals surface area contributed by atoms with Crippen LogP contribution >= 0.6 is 11.3 Å². The maximum absolute atomic E-state index is 12.8. The van der Waals surface area contributed by atoms with Crippen LogP contribution in [0.5, 0.6) is 0 Å². The number of amides is 2. The number of benzene rings is 1. The predicted octanol–water partition coefficient (Wildman–Crippen LogP) is 2.26. The van der Waals surface area contributed by atoms with Gasteiger partial charge < -0.3 is 10.6 Å². The van der Waals surface area contributed by atoms with E-state index < -0.39 is 28.9 Å². The summed E-state index contributed by atoms with van der Waals surface area (Å²) in [5.41, 5.74) is 5.38. The number of hydrogen-bond donors (Lipinski definition) is 1. The fraction of sp³-hybridized carbons (Fsp3) is 0.357. The van der Waals surface area contributed by atoms with Crippen LogP contribution in [0.25, 0.3) is 10.2 Å². The zero-order valence-electron chi connectivity index (χ0n) is 11.8. The Labute approximate surface area is 132 Å². The van der Waals surface area contributed by atoms with Crippen LogP contribution in [0.2, 0.25) is 0 Å². The summed E-state index contributed by atoms with van der Waals surface area (Å²) in [5, 5.41) is -0.982. The lowest BCUT2D eigenvalue weighted by molar-refractivity contribution is -0.137. The summed E-state index contributed by atoms with van der Waals surface area (Å²) in [6.45, 7) is 0.528. The normalized spacial score (nSPS) is 18.6. The van der Waals surface area contributed by atoms with Gasteiger partial charge in [-0.3, -0.25) is 9.59 Å². The van der Waals surface area contributed by atoms with Crippen LogP contribution in [0.1, 0.15) is 21.8 Å². The van der Waals surface area contributed by atoms with Crippen LogP contribution in [0.4, 0.5) is 13.2 Å². The number of primary amides is 1. The lowest BCUT2D eigenvalue weighted by Gasteiger charge is -2.16. The van der Waals surface area contributed by atoms with E-state index >= 15 is 0 Å². The molecule has 0 radical (unpaired) electrons. The molecule has 1 atom stereocenters. The topological polar surface area (TPSA) is 76.3 Å². The first-order chi connectivity index (χ1) is 10.8. The first kappa shape index (κ1) is 15.7. The van der Waals surface area contributed by atoms with Gasteiger partial charge in [-0.1, -0.05) is 6.07 Å². The van der Waals surface area contributed by atoms with E-state index in [2.05, 4.69) is 4.98 Å². The van der Waals surface area contributed by atoms with Crippen LogP contribution in [-0.2, 0) is 11.0 Å². The Kier molecular flexibility index (Phi) is 3.75. The van der Waals surface area contributed by atoms with Crippen molar-refractivity contribution >= 4 is 33.4 Å². The average molecular weight is 343 g/mol. The van der Waals surface area contributed by atoms with E-state index in [1.807, 2.05) is 0 Å². The molecule has 3 rings (SSSR count). The van der Waals surface area contributed by atoms with E-state index in [4.69, 9.17) is 5.73 Å². The first-order valence-electron chi connectivity index (χ1n) is 6.82. The number of likely N-dealkylation sites (tertiary alicyclic amines) is 1. The zero-order valence-corrected chi connectivity index (χ0v) is 12.6. The standard InChI is InChI=1S/C14H12F3N3O2S/c15-14(16,17)13-19-10-8(2-1-3-9(10)23-13)12(22)20-5-4-7(6-20)11(18)21/h1-3,7H,4-6H2,(H2,18,21)/t7-/m0/s1. The van der Waals surface area contributed by atoms with Crippen LogP contribution in [0.15, 0.2) is 18.2 Å². The molecule has 0 saturated carbocycles. The summed E-state index contributed by atoms with van der Waals surface area (Å²) in [6, 6.07) is 4.47. The van der Waals surface area contributed by atoms with E-state index in [1.165, 1.54) is 23.1 Å². The summed E-state index contributed by atoms with van der Waals surface area (Å²) in [7, 11) is 0. The smallest absolute Gasteiger partial charge is 0.369 e. The van der Waals surface area contributed by atoms with Crippen molar-refractivity contribution in [3.8, 4) is 0 Å². The van der Waals surface area contributed by atoms with Crippen LogP contribution in [0.3, 0.4) is 0 Å². The van der Waals surface area contributed by atoms with Gasteiger partial charge in [-0.05, 0) is 18.6 Å². The van der Waals surface area contributed by atoms with Crippen molar-refractivity contribution in [2.75, 3.05) is 13.1 Å². The second-order valence-corrected chi connectivity index (χ2v) is 6.34. The summed E-state index contributed by atoms with van der Waals surface area (Å²) in [5.74, 6) is -1.33. The molecule has 0 bridgehead atoms. The maximum Gasteiger partial charge on any atom is 0.443 e. The first-order valence-corrected chi connectivity index (χ1v) is 7.64. The van der Waals surface area contributed by atoms with Gasteiger partial charge in [0.25, 0.3) is 5.91 Å². The molecule has 5 nitrogen and oxygen atoms in total. The average Bonchev–Trinajstić information content (AvgIpc) is 3.12. The molecule has 1 aliphatic rings. The Morgan fingerprint density at radius 1 is 1.35 bits per heavy atom. The molecule has 1 aromatic heterocycles. The molecule has 2 N–H and O–H groups in total. The van der Waals surface area contributed by atoms with Gasteiger partial charge in [0, 0.05) is 13.1 Å². The number of carbonyl (C=O) groups is 2. The minimum absolute atomic E-state index is 0.0392. The van der Waals surface area contributed by atoms with E-state index in [0.717, 1.165) is 0 Å². The number of nitrogens with zero attached hydrogens (tertiary/aromatic N) is 2. The number of hydrogen-bond acceptors (Lipinski definition) is 4. The Balaban J connectivity index is 1.95. The molecule has 1 saturated heterocycles.